The fraction of sp³-hybridized carbons (Fsp3) is 0.529. The van der Waals surface area contributed by atoms with E-state index in [0.29, 0.717) is 28.6 Å². The molecule has 2 heterocycles. The SMILES string of the molecule is CCOC(=O)c1c(Cl)c(C(C)C(C)CCNC)n2ncccc12. The number of carbonyl (C=O) groups is 1. The molecule has 0 amide bonds. The first-order valence-electron chi connectivity index (χ1n) is 7.99. The predicted octanol–water partition coefficient (Wildman–Crippen LogP) is 3.51. The summed E-state index contributed by atoms with van der Waals surface area (Å²) in [7, 11) is 1.94. The lowest BCUT2D eigenvalue weighted by atomic mass is 9.90. The molecule has 2 aromatic heterocycles. The molecule has 0 aliphatic rings. The Bertz CT molecular complexity index is 684. The highest BCUT2D eigenvalue weighted by Crippen LogP contribution is 2.37. The second-order valence-electron chi connectivity index (χ2n) is 5.77. The summed E-state index contributed by atoms with van der Waals surface area (Å²) in [6, 6.07) is 3.65. The molecule has 0 saturated carbocycles. The summed E-state index contributed by atoms with van der Waals surface area (Å²) >= 11 is 6.58. The molecule has 2 unspecified atom stereocenters. The number of hydrogen-bond acceptors (Lipinski definition) is 4. The molecule has 0 spiro atoms. The molecule has 0 aliphatic heterocycles. The number of fused-ring (bicyclic) bond motifs is 1. The van der Waals surface area contributed by atoms with E-state index in [1.165, 1.54) is 0 Å². The number of nitrogens with one attached hydrogen (secondary N) is 1. The molecule has 0 bridgehead atoms. The normalized spacial score (nSPS) is 14.0. The van der Waals surface area contributed by atoms with Gasteiger partial charge in [-0.25, -0.2) is 9.31 Å². The van der Waals surface area contributed by atoms with Crippen LogP contribution in [0.25, 0.3) is 5.52 Å². The highest BCUT2D eigenvalue weighted by atomic mass is 35.5. The van der Waals surface area contributed by atoms with E-state index >= 15 is 0 Å². The third-order valence-electron chi connectivity index (χ3n) is 4.29. The molecular formula is C17H24ClN3O2. The van der Waals surface area contributed by atoms with E-state index < -0.39 is 5.97 Å². The van der Waals surface area contributed by atoms with Crippen LogP contribution in [0.2, 0.25) is 5.02 Å². The summed E-state index contributed by atoms with van der Waals surface area (Å²) in [5.74, 6) is 0.167. The lowest BCUT2D eigenvalue weighted by molar-refractivity contribution is 0.0529. The number of hydrogen-bond donors (Lipinski definition) is 1. The van der Waals surface area contributed by atoms with Gasteiger partial charge in [0.15, 0.2) is 0 Å². The highest BCUT2D eigenvalue weighted by Gasteiger charge is 2.28. The summed E-state index contributed by atoms with van der Waals surface area (Å²) in [6.07, 6.45) is 2.72. The van der Waals surface area contributed by atoms with Gasteiger partial charge in [0.25, 0.3) is 0 Å². The topological polar surface area (TPSA) is 55.6 Å². The Balaban J connectivity index is 2.51. The molecule has 0 aliphatic carbocycles. The second-order valence-corrected chi connectivity index (χ2v) is 6.15. The highest BCUT2D eigenvalue weighted by molar-refractivity contribution is 6.35. The van der Waals surface area contributed by atoms with Crippen molar-refractivity contribution in [1.82, 2.24) is 14.9 Å². The molecule has 23 heavy (non-hydrogen) atoms. The first-order chi connectivity index (χ1) is 11.0. The molecule has 2 rings (SSSR count). The predicted molar refractivity (Wildman–Crippen MR) is 92.3 cm³/mol. The lowest BCUT2D eigenvalue weighted by Gasteiger charge is -2.20. The van der Waals surface area contributed by atoms with Crippen molar-refractivity contribution in [3.63, 3.8) is 0 Å². The van der Waals surface area contributed by atoms with Gasteiger partial charge in [-0.05, 0) is 45.0 Å². The smallest absolute Gasteiger partial charge is 0.341 e. The Hall–Kier alpha value is -1.59. The number of carbonyl (C=O) groups excluding carboxylic acids is 1. The number of nitrogens with zero attached hydrogens (tertiary/aromatic N) is 2. The summed E-state index contributed by atoms with van der Waals surface area (Å²) in [6.45, 7) is 7.34. The van der Waals surface area contributed by atoms with Crippen molar-refractivity contribution in [1.29, 1.82) is 0 Å². The molecule has 1 N–H and O–H groups in total. The fourth-order valence-corrected chi connectivity index (χ4v) is 3.19. The average molecular weight is 338 g/mol. The Morgan fingerprint density at radius 3 is 2.87 bits per heavy atom. The van der Waals surface area contributed by atoms with Crippen LogP contribution >= 0.6 is 11.6 Å². The van der Waals surface area contributed by atoms with E-state index in [2.05, 4.69) is 24.3 Å². The van der Waals surface area contributed by atoms with Crippen LogP contribution in [0, 0.1) is 5.92 Å². The molecule has 2 aromatic rings. The first-order valence-corrected chi connectivity index (χ1v) is 8.37. The average Bonchev–Trinajstić information content (AvgIpc) is 2.84. The summed E-state index contributed by atoms with van der Waals surface area (Å²) in [5, 5.41) is 8.02. The van der Waals surface area contributed by atoms with Gasteiger partial charge in [-0.3, -0.25) is 0 Å². The van der Waals surface area contributed by atoms with Crippen molar-refractivity contribution in [2.75, 3.05) is 20.2 Å². The second kappa shape index (κ2) is 7.79. The minimum Gasteiger partial charge on any atom is -0.462 e. The molecule has 0 radical (unpaired) electrons. The van der Waals surface area contributed by atoms with Crippen molar-refractivity contribution in [2.24, 2.45) is 5.92 Å². The van der Waals surface area contributed by atoms with Crippen molar-refractivity contribution in [3.8, 4) is 0 Å². The van der Waals surface area contributed by atoms with Gasteiger partial charge < -0.3 is 10.1 Å². The van der Waals surface area contributed by atoms with Crippen LogP contribution in [-0.4, -0.2) is 35.8 Å². The molecule has 5 nitrogen and oxygen atoms in total. The van der Waals surface area contributed by atoms with Crippen molar-refractivity contribution >= 4 is 23.1 Å². The van der Waals surface area contributed by atoms with Gasteiger partial charge in [-0.15, -0.1) is 0 Å². The molecule has 0 aromatic carbocycles. The minimum absolute atomic E-state index is 0.168. The monoisotopic (exact) mass is 337 g/mol. The molecule has 6 heteroatoms. The van der Waals surface area contributed by atoms with Gasteiger partial charge in [0.1, 0.15) is 5.56 Å². The number of halogens is 1. The van der Waals surface area contributed by atoms with Crippen LogP contribution in [0.15, 0.2) is 18.3 Å². The van der Waals surface area contributed by atoms with E-state index in [0.717, 1.165) is 18.7 Å². The van der Waals surface area contributed by atoms with E-state index in [1.807, 2.05) is 13.1 Å². The Morgan fingerprint density at radius 2 is 2.22 bits per heavy atom. The van der Waals surface area contributed by atoms with Crippen molar-refractivity contribution < 1.29 is 9.53 Å². The van der Waals surface area contributed by atoms with E-state index in [4.69, 9.17) is 16.3 Å². The van der Waals surface area contributed by atoms with Crippen molar-refractivity contribution in [2.45, 2.75) is 33.1 Å². The Morgan fingerprint density at radius 1 is 1.48 bits per heavy atom. The van der Waals surface area contributed by atoms with E-state index in [-0.39, 0.29) is 5.92 Å². The minimum atomic E-state index is -0.399. The molecular weight excluding hydrogens is 314 g/mol. The standard InChI is InChI=1S/C17H24ClN3O2/c1-5-23-17(22)14-13-7-6-9-20-21(13)16(15(14)18)12(3)11(2)8-10-19-4/h6-7,9,11-12,19H,5,8,10H2,1-4H3. The maximum Gasteiger partial charge on any atom is 0.341 e. The molecule has 0 fully saturated rings. The van der Waals surface area contributed by atoms with Gasteiger partial charge in [-0.1, -0.05) is 25.4 Å². The van der Waals surface area contributed by atoms with Gasteiger partial charge in [-0.2, -0.15) is 5.10 Å². The number of ether oxygens (including phenoxy) is 1. The largest absolute Gasteiger partial charge is 0.462 e. The van der Waals surface area contributed by atoms with Crippen LogP contribution in [0.5, 0.6) is 0 Å². The summed E-state index contributed by atoms with van der Waals surface area (Å²) in [4.78, 5) is 12.3. The zero-order chi connectivity index (χ0) is 17.0. The third kappa shape index (κ3) is 3.51. The quantitative estimate of drug-likeness (QED) is 0.785. The fourth-order valence-electron chi connectivity index (χ4n) is 2.77. The summed E-state index contributed by atoms with van der Waals surface area (Å²) in [5.41, 5.74) is 1.97. The lowest BCUT2D eigenvalue weighted by Crippen LogP contribution is -2.16. The zero-order valence-electron chi connectivity index (χ0n) is 14.1. The summed E-state index contributed by atoms with van der Waals surface area (Å²) < 4.78 is 6.93. The number of esters is 1. The van der Waals surface area contributed by atoms with Crippen LogP contribution in [0.3, 0.4) is 0 Å². The van der Waals surface area contributed by atoms with E-state index in [9.17, 15) is 4.79 Å². The first kappa shape index (κ1) is 17.8. The van der Waals surface area contributed by atoms with Crippen molar-refractivity contribution in [3.05, 3.63) is 34.6 Å². The number of aromatic nitrogens is 2. The van der Waals surface area contributed by atoms with Gasteiger partial charge in [0, 0.05) is 12.1 Å². The maximum atomic E-state index is 12.3. The van der Waals surface area contributed by atoms with Crippen LogP contribution in [0.4, 0.5) is 0 Å². The zero-order valence-corrected chi connectivity index (χ0v) is 14.9. The number of rotatable bonds is 7. The van der Waals surface area contributed by atoms with Gasteiger partial charge in [0.05, 0.1) is 22.8 Å². The van der Waals surface area contributed by atoms with E-state index in [1.54, 1.807) is 23.7 Å². The van der Waals surface area contributed by atoms with Gasteiger partial charge in [0.2, 0.25) is 0 Å². The van der Waals surface area contributed by atoms with Crippen LogP contribution < -0.4 is 5.32 Å². The Labute approximate surface area is 142 Å². The Kier molecular flexibility index (Phi) is 6.02. The van der Waals surface area contributed by atoms with Crippen LogP contribution in [-0.2, 0) is 4.74 Å². The third-order valence-corrected chi connectivity index (χ3v) is 4.68. The molecule has 0 saturated heterocycles. The molecule has 2 atom stereocenters. The van der Waals surface area contributed by atoms with Gasteiger partial charge >= 0.3 is 5.97 Å². The van der Waals surface area contributed by atoms with Crippen LogP contribution in [0.1, 0.15) is 49.2 Å². The molecule has 126 valence electrons. The maximum absolute atomic E-state index is 12.3.